The van der Waals surface area contributed by atoms with Crippen molar-refractivity contribution in [3.05, 3.63) is 30.1 Å². The highest BCUT2D eigenvalue weighted by atomic mass is 19.1. The van der Waals surface area contributed by atoms with Crippen LogP contribution in [0.2, 0.25) is 0 Å². The van der Waals surface area contributed by atoms with E-state index in [0.717, 1.165) is 25.8 Å². The quantitative estimate of drug-likeness (QED) is 0.634. The molecule has 1 unspecified atom stereocenters. The third kappa shape index (κ3) is 2.16. The second-order valence-corrected chi connectivity index (χ2v) is 7.07. The maximum atomic E-state index is 13.8. The lowest BCUT2D eigenvalue weighted by molar-refractivity contribution is -0.165. The number of hydrogen-bond donors (Lipinski definition) is 0. The van der Waals surface area contributed by atoms with Crippen LogP contribution in [0, 0.1) is 23.1 Å². The minimum atomic E-state index is -0.459. The molecule has 0 aromatic heterocycles. The number of esters is 1. The molecule has 4 aliphatic rings. The van der Waals surface area contributed by atoms with Crippen molar-refractivity contribution in [2.45, 2.75) is 32.1 Å². The van der Waals surface area contributed by atoms with Crippen molar-refractivity contribution in [3.63, 3.8) is 0 Å². The fourth-order valence-corrected chi connectivity index (χ4v) is 4.60. The monoisotopic (exact) mass is 303 g/mol. The lowest BCUT2D eigenvalue weighted by atomic mass is 9.55. The molecule has 1 aliphatic carbocycles. The molecule has 3 aliphatic heterocycles. The van der Waals surface area contributed by atoms with E-state index in [-0.39, 0.29) is 17.1 Å². The molecule has 3 nitrogen and oxygen atoms in total. The summed E-state index contributed by atoms with van der Waals surface area (Å²) in [6.45, 7) is 3.34. The summed E-state index contributed by atoms with van der Waals surface area (Å²) >= 11 is 0. The maximum Gasteiger partial charge on any atom is 0.317 e. The van der Waals surface area contributed by atoms with Crippen LogP contribution in [-0.4, -0.2) is 30.5 Å². The molecule has 0 spiro atoms. The van der Waals surface area contributed by atoms with E-state index in [9.17, 15) is 9.18 Å². The normalized spacial score (nSPS) is 32.3. The summed E-state index contributed by atoms with van der Waals surface area (Å²) in [4.78, 5) is 15.3. The van der Waals surface area contributed by atoms with Crippen LogP contribution in [0.15, 0.2) is 24.3 Å². The van der Waals surface area contributed by atoms with E-state index in [0.29, 0.717) is 11.8 Å². The molecule has 0 amide bonds. The zero-order valence-corrected chi connectivity index (χ0v) is 12.8. The van der Waals surface area contributed by atoms with Gasteiger partial charge in [0, 0.05) is 6.54 Å². The summed E-state index contributed by atoms with van der Waals surface area (Å²) in [5, 5.41) is 0. The number of ether oxygens (including phenoxy) is 1. The van der Waals surface area contributed by atoms with Crippen LogP contribution in [0.5, 0.6) is 5.75 Å². The van der Waals surface area contributed by atoms with Gasteiger partial charge in [-0.3, -0.25) is 4.79 Å². The number of halogens is 1. The molecule has 1 atom stereocenters. The van der Waals surface area contributed by atoms with E-state index < -0.39 is 5.82 Å². The molecular weight excluding hydrogens is 281 g/mol. The summed E-state index contributed by atoms with van der Waals surface area (Å²) in [7, 11) is 0. The molecule has 1 aromatic rings. The maximum absolute atomic E-state index is 13.8. The Balaban J connectivity index is 1.56. The van der Waals surface area contributed by atoms with Gasteiger partial charge in [0.15, 0.2) is 11.6 Å². The standard InChI is InChI=1S/C18H22FNO2/c19-15-4-1-2-5-16(15)22-17(21)18(8-3-9-18)14-12-20-10-6-13(14)7-11-20/h1-2,4-5,13-14H,3,6-12H2. The Kier molecular flexibility index (Phi) is 3.44. The lowest BCUT2D eigenvalue weighted by Crippen LogP contribution is -2.58. The zero-order chi connectivity index (χ0) is 15.2. The summed E-state index contributed by atoms with van der Waals surface area (Å²) < 4.78 is 19.2. The van der Waals surface area contributed by atoms with E-state index >= 15 is 0 Å². The predicted octanol–water partition coefficient (Wildman–Crippen LogP) is 3.24. The van der Waals surface area contributed by atoms with Gasteiger partial charge in [0.05, 0.1) is 5.41 Å². The molecular formula is C18H22FNO2. The third-order valence-electron chi connectivity index (χ3n) is 6.06. The van der Waals surface area contributed by atoms with Crippen molar-refractivity contribution in [1.82, 2.24) is 4.90 Å². The van der Waals surface area contributed by atoms with Gasteiger partial charge in [-0.1, -0.05) is 18.6 Å². The SMILES string of the molecule is O=C(Oc1ccccc1F)C1(C2CN3CCC2CC3)CCC1. The average Bonchev–Trinajstić information content (AvgIpc) is 2.50. The Bertz CT molecular complexity index is 576. The van der Waals surface area contributed by atoms with Crippen LogP contribution in [0.1, 0.15) is 32.1 Å². The van der Waals surface area contributed by atoms with Crippen molar-refractivity contribution < 1.29 is 13.9 Å². The number of carbonyl (C=O) groups is 1. The Hall–Kier alpha value is -1.42. The van der Waals surface area contributed by atoms with Gasteiger partial charge in [-0.25, -0.2) is 4.39 Å². The molecule has 3 heterocycles. The smallest absolute Gasteiger partial charge is 0.317 e. The van der Waals surface area contributed by atoms with Gasteiger partial charge in [-0.05, 0) is 62.7 Å². The Morgan fingerprint density at radius 3 is 2.50 bits per heavy atom. The number of fused-ring (bicyclic) bond motifs is 3. The summed E-state index contributed by atoms with van der Waals surface area (Å²) in [5.41, 5.74) is -0.369. The van der Waals surface area contributed by atoms with Crippen molar-refractivity contribution in [2.75, 3.05) is 19.6 Å². The Labute approximate surface area is 130 Å². The molecule has 4 heteroatoms. The fraction of sp³-hybridized carbons (Fsp3) is 0.611. The van der Waals surface area contributed by atoms with Crippen molar-refractivity contribution in [1.29, 1.82) is 0 Å². The first-order chi connectivity index (χ1) is 10.7. The average molecular weight is 303 g/mol. The van der Waals surface area contributed by atoms with Crippen LogP contribution in [0.3, 0.4) is 0 Å². The molecule has 4 fully saturated rings. The van der Waals surface area contributed by atoms with E-state index in [2.05, 4.69) is 4.90 Å². The number of carbonyl (C=O) groups excluding carboxylic acids is 1. The molecule has 1 saturated carbocycles. The Morgan fingerprint density at radius 2 is 1.95 bits per heavy atom. The van der Waals surface area contributed by atoms with E-state index in [4.69, 9.17) is 4.74 Å². The van der Waals surface area contributed by atoms with Gasteiger partial charge in [0.2, 0.25) is 0 Å². The minimum absolute atomic E-state index is 0.0695. The zero-order valence-electron chi connectivity index (χ0n) is 12.8. The summed E-state index contributed by atoms with van der Waals surface area (Å²) in [6.07, 6.45) is 5.26. The first kappa shape index (κ1) is 14.2. The first-order valence-electron chi connectivity index (χ1n) is 8.38. The van der Waals surface area contributed by atoms with Crippen LogP contribution >= 0.6 is 0 Å². The molecule has 22 heavy (non-hydrogen) atoms. The highest BCUT2D eigenvalue weighted by molar-refractivity contribution is 5.80. The van der Waals surface area contributed by atoms with E-state index in [1.165, 1.54) is 38.1 Å². The van der Waals surface area contributed by atoms with Crippen molar-refractivity contribution in [2.24, 2.45) is 17.3 Å². The van der Waals surface area contributed by atoms with Gasteiger partial charge in [0.25, 0.3) is 0 Å². The molecule has 3 saturated heterocycles. The van der Waals surface area contributed by atoms with Gasteiger partial charge in [-0.2, -0.15) is 0 Å². The summed E-state index contributed by atoms with van der Waals surface area (Å²) in [5.74, 6) is 0.434. The largest absolute Gasteiger partial charge is 0.423 e. The number of para-hydroxylation sites is 1. The van der Waals surface area contributed by atoms with Gasteiger partial charge < -0.3 is 9.64 Å². The molecule has 0 N–H and O–H groups in total. The first-order valence-corrected chi connectivity index (χ1v) is 8.38. The van der Waals surface area contributed by atoms with Crippen LogP contribution in [0.25, 0.3) is 0 Å². The predicted molar refractivity (Wildman–Crippen MR) is 81.0 cm³/mol. The number of nitrogens with zero attached hydrogens (tertiary/aromatic N) is 1. The molecule has 1 aromatic carbocycles. The minimum Gasteiger partial charge on any atom is -0.423 e. The van der Waals surface area contributed by atoms with Crippen molar-refractivity contribution in [3.8, 4) is 5.75 Å². The number of piperidine rings is 3. The molecule has 5 rings (SSSR count). The van der Waals surface area contributed by atoms with E-state index in [1.807, 2.05) is 0 Å². The third-order valence-corrected chi connectivity index (χ3v) is 6.06. The van der Waals surface area contributed by atoms with E-state index in [1.54, 1.807) is 12.1 Å². The van der Waals surface area contributed by atoms with Crippen LogP contribution < -0.4 is 4.74 Å². The second kappa shape index (κ2) is 5.34. The van der Waals surface area contributed by atoms with Crippen LogP contribution in [0.4, 0.5) is 4.39 Å². The van der Waals surface area contributed by atoms with Gasteiger partial charge in [0.1, 0.15) is 0 Å². The molecule has 2 bridgehead atoms. The molecule has 118 valence electrons. The van der Waals surface area contributed by atoms with Crippen LogP contribution in [-0.2, 0) is 4.79 Å². The topological polar surface area (TPSA) is 29.5 Å². The number of rotatable bonds is 3. The Morgan fingerprint density at radius 1 is 1.23 bits per heavy atom. The second-order valence-electron chi connectivity index (χ2n) is 7.07. The highest BCUT2D eigenvalue weighted by Gasteiger charge is 2.56. The van der Waals surface area contributed by atoms with Gasteiger partial charge in [-0.15, -0.1) is 0 Å². The number of benzene rings is 1. The fourth-order valence-electron chi connectivity index (χ4n) is 4.60. The summed E-state index contributed by atoms with van der Waals surface area (Å²) in [6, 6.07) is 6.19. The lowest BCUT2D eigenvalue weighted by Gasteiger charge is -2.55. The molecule has 0 radical (unpaired) electrons. The van der Waals surface area contributed by atoms with Gasteiger partial charge >= 0.3 is 5.97 Å². The number of hydrogen-bond acceptors (Lipinski definition) is 3. The van der Waals surface area contributed by atoms with Crippen molar-refractivity contribution >= 4 is 5.97 Å². The highest BCUT2D eigenvalue weighted by Crippen LogP contribution is 2.54.